The molecule has 0 aliphatic heterocycles. The van der Waals surface area contributed by atoms with E-state index in [2.05, 4.69) is 363 Å². The molecule has 0 amide bonds. The lowest BCUT2D eigenvalue weighted by molar-refractivity contribution is 0.995. The Morgan fingerprint density at radius 1 is 0.210 bits per heavy atom. The van der Waals surface area contributed by atoms with Gasteiger partial charge >= 0.3 is 0 Å². The predicted molar refractivity (Wildman–Crippen MR) is 420 cm³/mol. The largest absolute Gasteiger partial charge is 0.309 e. The number of para-hydroxylation sites is 6. The summed E-state index contributed by atoms with van der Waals surface area (Å²) in [4.78, 5) is 11.7. The first-order chi connectivity index (χ1) is 49.0. The number of hydrogen-bond donors (Lipinski definition) is 0. The van der Waals surface area contributed by atoms with Gasteiger partial charge in [-0.3, -0.25) is 4.57 Å². The SMILES string of the molecule is Cc1cc(C)c(-c2ccc(-c3c(C)cc(C)cc3C)c(-c3cc(-c4cccc(-n5c6ccccc6c6cc(-c7ccc8c(c7)c7ccccc7n8-c7ccccc7)ccc65)c4)nc(-n4c5ccccc5c5cc(-c6ccc7c(c6)c6ccccc6n7-c6ccccc6)ccc54)n3)c2)c(C)c1. The Bertz CT molecular complexity index is 6540. The summed E-state index contributed by atoms with van der Waals surface area (Å²) >= 11 is 0. The summed E-state index contributed by atoms with van der Waals surface area (Å²) in [7, 11) is 0. The van der Waals surface area contributed by atoms with Gasteiger partial charge in [0.1, 0.15) is 0 Å². The first-order valence-electron chi connectivity index (χ1n) is 34.6. The van der Waals surface area contributed by atoms with E-state index in [-0.39, 0.29) is 0 Å². The summed E-state index contributed by atoms with van der Waals surface area (Å²) in [5.41, 5.74) is 32.9. The number of nitrogens with zero attached hydrogens (tertiary/aromatic N) is 6. The number of aryl methyl sites for hydroxylation is 6. The van der Waals surface area contributed by atoms with Crippen molar-refractivity contribution in [1.82, 2.24) is 28.2 Å². The van der Waals surface area contributed by atoms with Crippen molar-refractivity contribution in [2.24, 2.45) is 0 Å². The molecule has 19 aromatic rings. The molecule has 474 valence electrons. The third-order valence-corrected chi connectivity index (χ3v) is 20.9. The van der Waals surface area contributed by atoms with Gasteiger partial charge in [0.15, 0.2) is 0 Å². The van der Waals surface area contributed by atoms with Crippen LogP contribution in [-0.2, 0) is 0 Å². The Hall–Kier alpha value is -12.6. The second kappa shape index (κ2) is 23.0. The van der Waals surface area contributed by atoms with Crippen molar-refractivity contribution in [1.29, 1.82) is 0 Å². The maximum Gasteiger partial charge on any atom is 0.235 e. The van der Waals surface area contributed by atoms with E-state index < -0.39 is 0 Å². The maximum atomic E-state index is 5.88. The number of fused-ring (bicyclic) bond motifs is 12. The van der Waals surface area contributed by atoms with Gasteiger partial charge in [-0.15, -0.1) is 0 Å². The van der Waals surface area contributed by atoms with Gasteiger partial charge in [0.25, 0.3) is 0 Å². The second-order valence-corrected chi connectivity index (χ2v) is 27.3. The van der Waals surface area contributed by atoms with E-state index in [1.165, 1.54) is 110 Å². The summed E-state index contributed by atoms with van der Waals surface area (Å²) in [6.07, 6.45) is 0. The molecule has 5 aromatic heterocycles. The average molecular weight is 1280 g/mol. The molecule has 0 atom stereocenters. The minimum Gasteiger partial charge on any atom is -0.309 e. The number of hydrogen-bond acceptors (Lipinski definition) is 2. The average Bonchev–Trinajstić information content (AvgIpc) is 1.54. The van der Waals surface area contributed by atoms with E-state index in [9.17, 15) is 0 Å². The molecule has 14 aromatic carbocycles. The second-order valence-electron chi connectivity index (χ2n) is 27.3. The van der Waals surface area contributed by atoms with Gasteiger partial charge in [0.05, 0.1) is 55.5 Å². The monoisotopic (exact) mass is 1280 g/mol. The van der Waals surface area contributed by atoms with Crippen molar-refractivity contribution in [3.05, 3.63) is 337 Å². The van der Waals surface area contributed by atoms with E-state index >= 15 is 0 Å². The van der Waals surface area contributed by atoms with Gasteiger partial charge in [-0.05, 0) is 230 Å². The van der Waals surface area contributed by atoms with Gasteiger partial charge in [0.2, 0.25) is 5.95 Å². The van der Waals surface area contributed by atoms with Crippen LogP contribution >= 0.6 is 0 Å². The Morgan fingerprint density at radius 3 is 1.01 bits per heavy atom. The Morgan fingerprint density at radius 2 is 0.560 bits per heavy atom. The van der Waals surface area contributed by atoms with Crippen LogP contribution in [0, 0.1) is 41.5 Å². The number of benzene rings is 14. The van der Waals surface area contributed by atoms with Crippen molar-refractivity contribution >= 4 is 87.2 Å². The summed E-state index contributed by atoms with van der Waals surface area (Å²) in [6.45, 7) is 13.4. The third-order valence-electron chi connectivity index (χ3n) is 20.9. The fourth-order valence-corrected chi connectivity index (χ4v) is 16.8. The standard InChI is InChI=1S/C94H68N6/c1-57-46-59(3)92(60(4)47-57)68-36-41-76(93-61(5)48-58(2)49-62(93)6)77(55-68)83-56-82(95-94(96-83)100-87-35-20-16-31-75(87)81-54-66(40-45-91(81)100)64-38-43-89-79(52-64)73-29-14-18-33-85(73)98(89)70-25-11-8-12-26-70)67-22-21-27-71(50-67)99-86-34-19-15-30-74(86)80-53-65(39-44-90(80)99)63-37-42-88-78(51-63)72-28-13-17-32-84(72)97(88)69-23-9-7-10-24-69/h7-56H,1-6H3. The molecular formula is C94H68N6. The quantitative estimate of drug-likeness (QED) is 0.137. The molecule has 19 rings (SSSR count). The third kappa shape index (κ3) is 9.39. The lowest BCUT2D eigenvalue weighted by atomic mass is 9.86. The van der Waals surface area contributed by atoms with Crippen molar-refractivity contribution < 1.29 is 0 Å². The van der Waals surface area contributed by atoms with Crippen LogP contribution in [0.5, 0.6) is 0 Å². The highest BCUT2D eigenvalue weighted by molar-refractivity contribution is 6.15. The van der Waals surface area contributed by atoms with Crippen molar-refractivity contribution in [2.75, 3.05) is 0 Å². The molecular weight excluding hydrogens is 1210 g/mol. The summed E-state index contributed by atoms with van der Waals surface area (Å²) in [5, 5.41) is 9.55. The molecule has 0 fully saturated rings. The molecule has 0 unspecified atom stereocenters. The number of rotatable bonds is 10. The Labute approximate surface area is 580 Å². The van der Waals surface area contributed by atoms with Crippen molar-refractivity contribution in [3.8, 4) is 90.0 Å². The lowest BCUT2D eigenvalue weighted by Crippen LogP contribution is -2.05. The molecule has 0 aliphatic carbocycles. The molecule has 0 saturated heterocycles. The van der Waals surface area contributed by atoms with Crippen LogP contribution in [0.3, 0.4) is 0 Å². The predicted octanol–water partition coefficient (Wildman–Crippen LogP) is 24.7. The molecule has 6 heteroatoms. The summed E-state index contributed by atoms with van der Waals surface area (Å²) in [6, 6.07) is 112. The highest BCUT2D eigenvalue weighted by Crippen LogP contribution is 2.45. The topological polar surface area (TPSA) is 45.5 Å². The normalized spacial score (nSPS) is 11.9. The van der Waals surface area contributed by atoms with Gasteiger partial charge < -0.3 is 13.7 Å². The van der Waals surface area contributed by atoms with Gasteiger partial charge in [-0.2, -0.15) is 0 Å². The summed E-state index contributed by atoms with van der Waals surface area (Å²) < 4.78 is 9.49. The Balaban J connectivity index is 0.802. The fraction of sp³-hybridized carbons (Fsp3) is 0.0638. The minimum absolute atomic E-state index is 0.593. The van der Waals surface area contributed by atoms with Gasteiger partial charge in [-0.1, -0.05) is 193 Å². The fourth-order valence-electron chi connectivity index (χ4n) is 16.8. The highest BCUT2D eigenvalue weighted by Gasteiger charge is 2.24. The molecule has 0 saturated carbocycles. The first kappa shape index (κ1) is 58.7. The Kier molecular flexibility index (Phi) is 13.5. The van der Waals surface area contributed by atoms with E-state index in [1.807, 2.05) is 0 Å². The number of aromatic nitrogens is 6. The zero-order valence-electron chi connectivity index (χ0n) is 56.6. The summed E-state index contributed by atoms with van der Waals surface area (Å²) in [5.74, 6) is 0.593. The van der Waals surface area contributed by atoms with E-state index in [4.69, 9.17) is 9.97 Å². The molecule has 6 nitrogen and oxygen atoms in total. The highest BCUT2D eigenvalue weighted by atomic mass is 15.2. The van der Waals surface area contributed by atoms with Crippen LogP contribution in [0.1, 0.15) is 33.4 Å². The maximum absolute atomic E-state index is 5.88. The van der Waals surface area contributed by atoms with Crippen LogP contribution < -0.4 is 0 Å². The molecule has 0 aliphatic rings. The molecule has 5 heterocycles. The van der Waals surface area contributed by atoms with Crippen molar-refractivity contribution in [2.45, 2.75) is 41.5 Å². The molecule has 0 spiro atoms. The van der Waals surface area contributed by atoms with E-state index in [0.29, 0.717) is 5.95 Å². The zero-order valence-corrected chi connectivity index (χ0v) is 56.6. The van der Waals surface area contributed by atoms with Crippen LogP contribution in [0.4, 0.5) is 0 Å². The van der Waals surface area contributed by atoms with Crippen LogP contribution in [0.25, 0.3) is 177 Å². The first-order valence-corrected chi connectivity index (χ1v) is 34.6. The minimum atomic E-state index is 0.593. The van der Waals surface area contributed by atoms with Crippen LogP contribution in [0.2, 0.25) is 0 Å². The van der Waals surface area contributed by atoms with Crippen LogP contribution in [-0.4, -0.2) is 28.2 Å². The van der Waals surface area contributed by atoms with Crippen LogP contribution in [0.15, 0.2) is 303 Å². The smallest absolute Gasteiger partial charge is 0.235 e. The molecule has 0 bridgehead atoms. The lowest BCUT2D eigenvalue weighted by Gasteiger charge is -2.20. The van der Waals surface area contributed by atoms with E-state index in [0.717, 1.165) is 94.7 Å². The zero-order chi connectivity index (χ0) is 67.0. The van der Waals surface area contributed by atoms with Gasteiger partial charge in [0, 0.05) is 71.3 Å². The van der Waals surface area contributed by atoms with Crippen molar-refractivity contribution in [3.63, 3.8) is 0 Å². The molecule has 100 heavy (non-hydrogen) atoms. The molecule has 0 N–H and O–H groups in total. The van der Waals surface area contributed by atoms with E-state index in [1.54, 1.807) is 0 Å². The van der Waals surface area contributed by atoms with Gasteiger partial charge in [-0.25, -0.2) is 9.97 Å². The molecule has 0 radical (unpaired) electrons.